The molecule has 4 heteroatoms. The molecular formula is C18H26N4. The molecule has 1 aromatic carbocycles. The van der Waals surface area contributed by atoms with Gasteiger partial charge in [0.25, 0.3) is 0 Å². The Kier molecular flexibility index (Phi) is 5.75. The molecule has 1 heterocycles. The lowest BCUT2D eigenvalue weighted by atomic mass is 10.2. The van der Waals surface area contributed by atoms with Gasteiger partial charge in [0.1, 0.15) is 17.5 Å². The van der Waals surface area contributed by atoms with Gasteiger partial charge in [0.2, 0.25) is 0 Å². The van der Waals surface area contributed by atoms with Crippen molar-refractivity contribution in [3.8, 4) is 0 Å². The number of anilines is 2. The third-order valence-electron chi connectivity index (χ3n) is 3.82. The molecule has 0 N–H and O–H groups in total. The van der Waals surface area contributed by atoms with Gasteiger partial charge in [-0.2, -0.15) is 0 Å². The van der Waals surface area contributed by atoms with Crippen LogP contribution in [0.2, 0.25) is 0 Å². The van der Waals surface area contributed by atoms with E-state index in [1.165, 1.54) is 5.56 Å². The largest absolute Gasteiger partial charge is 0.357 e. The van der Waals surface area contributed by atoms with E-state index < -0.39 is 0 Å². The minimum atomic E-state index is 0.825. The van der Waals surface area contributed by atoms with E-state index in [1.807, 2.05) is 13.0 Å². The Labute approximate surface area is 133 Å². The standard InChI is InChI=1S/C18H26N4/c1-5-21(6-2)17-13-18(20-15(4)19-17)22(7-3)14-16-11-9-8-10-12-16/h8-13H,5-7,14H2,1-4H3. The van der Waals surface area contributed by atoms with Crippen LogP contribution in [0, 0.1) is 6.92 Å². The van der Waals surface area contributed by atoms with Crippen LogP contribution in [0.3, 0.4) is 0 Å². The van der Waals surface area contributed by atoms with Crippen LogP contribution in [0.25, 0.3) is 0 Å². The number of rotatable bonds is 7. The molecule has 2 aromatic rings. The van der Waals surface area contributed by atoms with Gasteiger partial charge in [-0.15, -0.1) is 0 Å². The molecule has 2 rings (SSSR count). The summed E-state index contributed by atoms with van der Waals surface area (Å²) in [6, 6.07) is 12.6. The van der Waals surface area contributed by atoms with Crippen LogP contribution < -0.4 is 9.80 Å². The molecule has 0 spiro atoms. The topological polar surface area (TPSA) is 32.3 Å². The first-order chi connectivity index (χ1) is 10.7. The first-order valence-corrected chi connectivity index (χ1v) is 8.07. The summed E-state index contributed by atoms with van der Waals surface area (Å²) in [6.45, 7) is 12.1. The van der Waals surface area contributed by atoms with Crippen LogP contribution in [-0.4, -0.2) is 29.6 Å². The Morgan fingerprint density at radius 2 is 1.36 bits per heavy atom. The summed E-state index contributed by atoms with van der Waals surface area (Å²) in [5, 5.41) is 0. The van der Waals surface area contributed by atoms with Crippen LogP contribution in [-0.2, 0) is 6.54 Å². The quantitative estimate of drug-likeness (QED) is 0.781. The summed E-state index contributed by atoms with van der Waals surface area (Å²) in [5.41, 5.74) is 1.30. The molecular weight excluding hydrogens is 272 g/mol. The molecule has 22 heavy (non-hydrogen) atoms. The summed E-state index contributed by atoms with van der Waals surface area (Å²) < 4.78 is 0. The Balaban J connectivity index is 2.28. The first kappa shape index (κ1) is 16.3. The summed E-state index contributed by atoms with van der Waals surface area (Å²) in [5.74, 6) is 2.84. The molecule has 118 valence electrons. The molecule has 0 aliphatic carbocycles. The summed E-state index contributed by atoms with van der Waals surface area (Å²) in [7, 11) is 0. The fraction of sp³-hybridized carbons (Fsp3) is 0.444. The highest BCUT2D eigenvalue weighted by Gasteiger charge is 2.12. The lowest BCUT2D eigenvalue weighted by Gasteiger charge is -2.25. The zero-order valence-electron chi connectivity index (χ0n) is 14.1. The van der Waals surface area contributed by atoms with Gasteiger partial charge in [0.05, 0.1) is 0 Å². The zero-order valence-corrected chi connectivity index (χ0v) is 14.1. The number of hydrogen-bond acceptors (Lipinski definition) is 4. The first-order valence-electron chi connectivity index (χ1n) is 8.07. The number of benzene rings is 1. The van der Waals surface area contributed by atoms with Gasteiger partial charge in [0.15, 0.2) is 0 Å². The lowest BCUT2D eigenvalue weighted by molar-refractivity contribution is 0.790. The normalized spacial score (nSPS) is 10.5. The second kappa shape index (κ2) is 7.78. The molecule has 0 atom stereocenters. The van der Waals surface area contributed by atoms with Crippen molar-refractivity contribution in [2.24, 2.45) is 0 Å². The van der Waals surface area contributed by atoms with Crippen LogP contribution in [0.1, 0.15) is 32.2 Å². The van der Waals surface area contributed by atoms with E-state index in [-0.39, 0.29) is 0 Å². The number of hydrogen-bond donors (Lipinski definition) is 0. The van der Waals surface area contributed by atoms with Crippen molar-refractivity contribution in [2.75, 3.05) is 29.4 Å². The average Bonchev–Trinajstić information content (AvgIpc) is 2.54. The van der Waals surface area contributed by atoms with Crippen LogP contribution in [0.4, 0.5) is 11.6 Å². The molecule has 0 saturated heterocycles. The molecule has 0 saturated carbocycles. The fourth-order valence-electron chi connectivity index (χ4n) is 2.57. The predicted octanol–water partition coefficient (Wildman–Crippen LogP) is 3.66. The van der Waals surface area contributed by atoms with E-state index >= 15 is 0 Å². The highest BCUT2D eigenvalue weighted by atomic mass is 15.2. The second-order valence-corrected chi connectivity index (χ2v) is 5.30. The van der Waals surface area contributed by atoms with Gasteiger partial charge >= 0.3 is 0 Å². The van der Waals surface area contributed by atoms with Gasteiger partial charge < -0.3 is 9.80 Å². The van der Waals surface area contributed by atoms with Crippen molar-refractivity contribution < 1.29 is 0 Å². The van der Waals surface area contributed by atoms with Gasteiger partial charge in [-0.05, 0) is 33.3 Å². The van der Waals surface area contributed by atoms with Gasteiger partial charge in [-0.25, -0.2) is 9.97 Å². The molecule has 0 unspecified atom stereocenters. The average molecular weight is 298 g/mol. The zero-order chi connectivity index (χ0) is 15.9. The minimum Gasteiger partial charge on any atom is -0.357 e. The molecule has 0 radical (unpaired) electrons. The van der Waals surface area contributed by atoms with Crippen molar-refractivity contribution in [3.05, 3.63) is 47.8 Å². The van der Waals surface area contributed by atoms with Gasteiger partial charge in [-0.1, -0.05) is 30.3 Å². The van der Waals surface area contributed by atoms with E-state index in [1.54, 1.807) is 0 Å². The minimum absolute atomic E-state index is 0.825. The Bertz CT molecular complexity index is 579. The van der Waals surface area contributed by atoms with Crippen LogP contribution in [0.15, 0.2) is 36.4 Å². The smallest absolute Gasteiger partial charge is 0.134 e. The van der Waals surface area contributed by atoms with E-state index in [4.69, 9.17) is 0 Å². The molecule has 0 fully saturated rings. The van der Waals surface area contributed by atoms with Crippen molar-refractivity contribution in [2.45, 2.75) is 34.2 Å². The van der Waals surface area contributed by atoms with Crippen LogP contribution in [0.5, 0.6) is 0 Å². The fourth-order valence-corrected chi connectivity index (χ4v) is 2.57. The van der Waals surface area contributed by atoms with Crippen molar-refractivity contribution in [1.29, 1.82) is 0 Å². The van der Waals surface area contributed by atoms with E-state index in [9.17, 15) is 0 Å². The maximum Gasteiger partial charge on any atom is 0.134 e. The predicted molar refractivity (Wildman–Crippen MR) is 93.5 cm³/mol. The summed E-state index contributed by atoms with van der Waals surface area (Å²) in [4.78, 5) is 13.8. The van der Waals surface area contributed by atoms with Crippen LogP contribution >= 0.6 is 0 Å². The van der Waals surface area contributed by atoms with Gasteiger partial charge in [0, 0.05) is 32.2 Å². The Morgan fingerprint density at radius 1 is 0.818 bits per heavy atom. The maximum atomic E-state index is 4.64. The SMILES string of the molecule is CCN(CC)c1cc(N(CC)Cc2ccccc2)nc(C)n1. The highest BCUT2D eigenvalue weighted by molar-refractivity contribution is 5.51. The molecule has 1 aromatic heterocycles. The van der Waals surface area contributed by atoms with E-state index in [0.29, 0.717) is 0 Å². The summed E-state index contributed by atoms with van der Waals surface area (Å²) in [6.07, 6.45) is 0. The third-order valence-corrected chi connectivity index (χ3v) is 3.82. The molecule has 0 bridgehead atoms. The van der Waals surface area contributed by atoms with Crippen molar-refractivity contribution in [1.82, 2.24) is 9.97 Å². The summed E-state index contributed by atoms with van der Waals surface area (Å²) >= 11 is 0. The number of nitrogens with zero attached hydrogens (tertiary/aromatic N) is 4. The maximum absolute atomic E-state index is 4.64. The van der Waals surface area contributed by atoms with Crippen molar-refractivity contribution >= 4 is 11.6 Å². The van der Waals surface area contributed by atoms with Crippen molar-refractivity contribution in [3.63, 3.8) is 0 Å². The molecule has 4 nitrogen and oxygen atoms in total. The molecule has 0 amide bonds. The molecule has 0 aliphatic rings. The Morgan fingerprint density at radius 3 is 1.91 bits per heavy atom. The van der Waals surface area contributed by atoms with E-state index in [0.717, 1.165) is 43.6 Å². The third kappa shape index (κ3) is 3.97. The van der Waals surface area contributed by atoms with E-state index in [2.05, 4.69) is 70.9 Å². The molecule has 0 aliphatic heterocycles. The second-order valence-electron chi connectivity index (χ2n) is 5.30. The van der Waals surface area contributed by atoms with Gasteiger partial charge in [-0.3, -0.25) is 0 Å². The monoisotopic (exact) mass is 298 g/mol. The highest BCUT2D eigenvalue weighted by Crippen LogP contribution is 2.20. The number of aryl methyl sites for hydroxylation is 1. The lowest BCUT2D eigenvalue weighted by Crippen LogP contribution is -2.26. The Hall–Kier alpha value is -2.10. The number of aromatic nitrogens is 2.